The van der Waals surface area contributed by atoms with Gasteiger partial charge in [0.1, 0.15) is 12.6 Å². The Labute approximate surface area is 261 Å². The van der Waals surface area contributed by atoms with Gasteiger partial charge in [-0.3, -0.25) is 13.9 Å². The molecule has 0 bridgehead atoms. The molecular weight excluding hydrogens is 628 g/mol. The standard InChI is InChI=1S/C29H31Cl4N3O4S/c1-4-15-34-29(38)26(5-2)35(17-22-23(31)7-6-8-24(22)32)28(37)18-36(27-16-20(30)11-14-25(27)33)41(39,40)21-12-9-19(3)10-13-21/h6-14,16,26H,4-5,15,17-18H2,1-3H3,(H,34,38)/t26-/m0/s1. The van der Waals surface area contributed by atoms with Crippen LogP contribution in [0.25, 0.3) is 0 Å². The average Bonchev–Trinajstić information content (AvgIpc) is 2.93. The Morgan fingerprint density at radius 1 is 0.902 bits per heavy atom. The molecule has 12 heteroatoms. The zero-order chi connectivity index (χ0) is 30.3. The van der Waals surface area contributed by atoms with E-state index in [1.54, 1.807) is 37.3 Å². The van der Waals surface area contributed by atoms with Crippen LogP contribution in [0, 0.1) is 6.92 Å². The largest absolute Gasteiger partial charge is 0.354 e. The summed E-state index contributed by atoms with van der Waals surface area (Å²) < 4.78 is 28.9. The van der Waals surface area contributed by atoms with Crippen LogP contribution in [0.4, 0.5) is 5.69 Å². The lowest BCUT2D eigenvalue weighted by atomic mass is 10.1. The molecule has 2 amide bonds. The van der Waals surface area contributed by atoms with Crippen LogP contribution in [0.2, 0.25) is 20.1 Å². The maximum atomic E-state index is 14.1. The van der Waals surface area contributed by atoms with Crippen LogP contribution in [-0.4, -0.2) is 44.3 Å². The molecule has 41 heavy (non-hydrogen) atoms. The van der Waals surface area contributed by atoms with Crippen molar-refractivity contribution in [3.8, 4) is 0 Å². The van der Waals surface area contributed by atoms with Crippen LogP contribution >= 0.6 is 46.4 Å². The number of hydrogen-bond acceptors (Lipinski definition) is 4. The molecule has 1 atom stereocenters. The van der Waals surface area contributed by atoms with Crippen molar-refractivity contribution in [3.63, 3.8) is 0 Å². The molecule has 0 aliphatic carbocycles. The lowest BCUT2D eigenvalue weighted by Crippen LogP contribution is -2.52. The van der Waals surface area contributed by atoms with E-state index < -0.39 is 28.5 Å². The Kier molecular flexibility index (Phi) is 11.8. The fourth-order valence-corrected chi connectivity index (χ4v) is 6.54. The summed E-state index contributed by atoms with van der Waals surface area (Å²) in [6.45, 7) is 5.12. The zero-order valence-corrected chi connectivity index (χ0v) is 26.7. The molecule has 3 aromatic rings. The van der Waals surface area contributed by atoms with Gasteiger partial charge in [0, 0.05) is 33.7 Å². The third kappa shape index (κ3) is 8.08. The van der Waals surface area contributed by atoms with Crippen molar-refractivity contribution in [2.24, 2.45) is 0 Å². The number of amides is 2. The number of aryl methyl sites for hydroxylation is 1. The van der Waals surface area contributed by atoms with Gasteiger partial charge in [-0.25, -0.2) is 8.42 Å². The number of nitrogens with zero attached hydrogens (tertiary/aromatic N) is 2. The van der Waals surface area contributed by atoms with Gasteiger partial charge >= 0.3 is 0 Å². The van der Waals surface area contributed by atoms with Gasteiger partial charge in [-0.2, -0.15) is 0 Å². The van der Waals surface area contributed by atoms with Gasteiger partial charge in [0.2, 0.25) is 11.8 Å². The molecule has 0 aliphatic rings. The SMILES string of the molecule is CCCNC(=O)[C@H](CC)N(Cc1c(Cl)cccc1Cl)C(=O)CN(c1cc(Cl)ccc1Cl)S(=O)(=O)c1ccc(C)cc1. The summed E-state index contributed by atoms with van der Waals surface area (Å²) in [6, 6.07) is 14.6. The highest BCUT2D eigenvalue weighted by molar-refractivity contribution is 7.92. The van der Waals surface area contributed by atoms with E-state index in [1.807, 2.05) is 13.8 Å². The molecule has 3 rings (SSSR count). The Morgan fingerprint density at radius 3 is 2.12 bits per heavy atom. The smallest absolute Gasteiger partial charge is 0.264 e. The maximum Gasteiger partial charge on any atom is 0.264 e. The highest BCUT2D eigenvalue weighted by Gasteiger charge is 2.35. The number of anilines is 1. The molecule has 0 unspecified atom stereocenters. The molecule has 0 heterocycles. The minimum absolute atomic E-state index is 0.0206. The van der Waals surface area contributed by atoms with Gasteiger partial charge < -0.3 is 10.2 Å². The third-order valence-corrected chi connectivity index (χ3v) is 9.43. The summed E-state index contributed by atoms with van der Waals surface area (Å²) in [5.74, 6) is -1.04. The van der Waals surface area contributed by atoms with Gasteiger partial charge in [0.15, 0.2) is 0 Å². The molecule has 0 aliphatic heterocycles. The van der Waals surface area contributed by atoms with Crippen molar-refractivity contribution < 1.29 is 18.0 Å². The van der Waals surface area contributed by atoms with Crippen molar-refractivity contribution in [1.29, 1.82) is 0 Å². The highest BCUT2D eigenvalue weighted by Crippen LogP contribution is 2.34. The molecule has 0 saturated heterocycles. The van der Waals surface area contributed by atoms with Crippen LogP contribution < -0.4 is 9.62 Å². The van der Waals surface area contributed by atoms with E-state index in [9.17, 15) is 18.0 Å². The number of sulfonamides is 1. The number of nitrogens with one attached hydrogen (secondary N) is 1. The number of carbonyl (C=O) groups is 2. The van der Waals surface area contributed by atoms with Crippen molar-refractivity contribution in [2.45, 2.75) is 51.1 Å². The predicted molar refractivity (Wildman–Crippen MR) is 167 cm³/mol. The van der Waals surface area contributed by atoms with Gasteiger partial charge in [-0.15, -0.1) is 0 Å². The first-order chi connectivity index (χ1) is 19.4. The van der Waals surface area contributed by atoms with Gasteiger partial charge in [-0.05, 0) is 62.2 Å². The summed E-state index contributed by atoms with van der Waals surface area (Å²) in [7, 11) is -4.30. The van der Waals surface area contributed by atoms with E-state index in [-0.39, 0.29) is 39.5 Å². The molecule has 0 radical (unpaired) electrons. The number of hydrogen-bond donors (Lipinski definition) is 1. The van der Waals surface area contributed by atoms with Crippen molar-refractivity contribution in [1.82, 2.24) is 10.2 Å². The summed E-state index contributed by atoms with van der Waals surface area (Å²) in [5.41, 5.74) is 1.31. The van der Waals surface area contributed by atoms with Crippen molar-refractivity contribution in [3.05, 3.63) is 91.9 Å². The predicted octanol–water partition coefficient (Wildman–Crippen LogP) is 7.14. The van der Waals surface area contributed by atoms with E-state index in [0.29, 0.717) is 28.6 Å². The second-order valence-electron chi connectivity index (χ2n) is 9.36. The summed E-state index contributed by atoms with van der Waals surface area (Å²) in [5, 5.41) is 3.74. The van der Waals surface area contributed by atoms with Crippen LogP contribution in [-0.2, 0) is 26.2 Å². The number of carbonyl (C=O) groups excluding carboxylic acids is 2. The maximum absolute atomic E-state index is 14.1. The minimum atomic E-state index is -4.30. The van der Waals surface area contributed by atoms with Crippen LogP contribution in [0.15, 0.2) is 65.6 Å². The molecule has 3 aromatic carbocycles. The van der Waals surface area contributed by atoms with Crippen LogP contribution in [0.1, 0.15) is 37.8 Å². The lowest BCUT2D eigenvalue weighted by molar-refractivity contribution is -0.140. The first-order valence-corrected chi connectivity index (χ1v) is 15.9. The number of rotatable bonds is 12. The third-order valence-electron chi connectivity index (χ3n) is 6.39. The van der Waals surface area contributed by atoms with E-state index >= 15 is 0 Å². The molecular formula is C29H31Cl4N3O4S. The second kappa shape index (κ2) is 14.6. The monoisotopic (exact) mass is 657 g/mol. The fourth-order valence-electron chi connectivity index (χ4n) is 4.17. The molecule has 0 fully saturated rings. The number of benzene rings is 3. The average molecular weight is 659 g/mol. The second-order valence-corrected chi connectivity index (χ2v) is 12.9. The molecule has 0 saturated carbocycles. The zero-order valence-electron chi connectivity index (χ0n) is 22.8. The van der Waals surface area contributed by atoms with Crippen LogP contribution in [0.3, 0.4) is 0 Å². The Morgan fingerprint density at radius 2 is 1.54 bits per heavy atom. The van der Waals surface area contributed by atoms with E-state index in [4.69, 9.17) is 46.4 Å². The van der Waals surface area contributed by atoms with E-state index in [2.05, 4.69) is 5.32 Å². The summed E-state index contributed by atoms with van der Waals surface area (Å²) >= 11 is 25.5. The van der Waals surface area contributed by atoms with Gasteiger partial charge in [0.05, 0.1) is 15.6 Å². The summed E-state index contributed by atoms with van der Waals surface area (Å²) in [4.78, 5) is 28.6. The van der Waals surface area contributed by atoms with E-state index in [0.717, 1.165) is 9.87 Å². The fraction of sp³-hybridized carbons (Fsp3) is 0.310. The molecule has 220 valence electrons. The van der Waals surface area contributed by atoms with E-state index in [1.165, 1.54) is 35.2 Å². The normalized spacial score (nSPS) is 12.1. The van der Waals surface area contributed by atoms with Crippen molar-refractivity contribution >= 4 is 73.9 Å². The highest BCUT2D eigenvalue weighted by atomic mass is 35.5. The first kappa shape index (κ1) is 33.0. The minimum Gasteiger partial charge on any atom is -0.354 e. The Hall–Kier alpha value is -2.49. The van der Waals surface area contributed by atoms with Gasteiger partial charge in [-0.1, -0.05) is 84.0 Å². The quantitative estimate of drug-likeness (QED) is 0.224. The molecule has 7 nitrogen and oxygen atoms in total. The summed E-state index contributed by atoms with van der Waals surface area (Å²) in [6.07, 6.45) is 0.953. The lowest BCUT2D eigenvalue weighted by Gasteiger charge is -2.33. The van der Waals surface area contributed by atoms with Crippen LogP contribution in [0.5, 0.6) is 0 Å². The Balaban J connectivity index is 2.13. The van der Waals surface area contributed by atoms with Crippen molar-refractivity contribution in [2.75, 3.05) is 17.4 Å². The topological polar surface area (TPSA) is 86.8 Å². The molecule has 1 N–H and O–H groups in total. The molecule has 0 aromatic heterocycles. The molecule has 0 spiro atoms. The van der Waals surface area contributed by atoms with Gasteiger partial charge in [0.25, 0.3) is 10.0 Å². The first-order valence-electron chi connectivity index (χ1n) is 12.9. The number of halogens is 4. The Bertz CT molecular complexity index is 1480.